The van der Waals surface area contributed by atoms with Crippen LogP contribution in [0, 0.1) is 0 Å². The first-order chi connectivity index (χ1) is 10.8. The minimum Gasteiger partial charge on any atom is -0.496 e. The lowest BCUT2D eigenvalue weighted by Crippen LogP contribution is -2.31. The van der Waals surface area contributed by atoms with Crippen LogP contribution in [0.2, 0.25) is 0 Å². The topological polar surface area (TPSA) is 51.7 Å². The van der Waals surface area contributed by atoms with Crippen LogP contribution >= 0.6 is 0 Å². The van der Waals surface area contributed by atoms with Gasteiger partial charge in [0, 0.05) is 25.4 Å². The molecule has 0 spiro atoms. The largest absolute Gasteiger partial charge is 0.496 e. The van der Waals surface area contributed by atoms with Gasteiger partial charge in [-0.1, -0.05) is 12.1 Å². The number of rotatable bonds is 4. The summed E-state index contributed by atoms with van der Waals surface area (Å²) < 4.78 is 11.1. The van der Waals surface area contributed by atoms with E-state index in [0.717, 1.165) is 12.2 Å². The van der Waals surface area contributed by atoms with Crippen LogP contribution < -0.4 is 9.47 Å². The van der Waals surface area contributed by atoms with Gasteiger partial charge in [-0.3, -0.25) is 9.78 Å². The molecule has 2 heterocycles. The molecule has 1 atom stereocenters. The van der Waals surface area contributed by atoms with Gasteiger partial charge in [0.15, 0.2) is 0 Å². The molecule has 5 heteroatoms. The second kappa shape index (κ2) is 6.47. The summed E-state index contributed by atoms with van der Waals surface area (Å²) in [5.74, 6) is 1.37. The molecule has 1 aromatic heterocycles. The Labute approximate surface area is 129 Å². The number of para-hydroxylation sites is 1. The first-order valence-electron chi connectivity index (χ1n) is 7.27. The molecule has 1 fully saturated rings. The van der Waals surface area contributed by atoms with E-state index in [9.17, 15) is 4.79 Å². The van der Waals surface area contributed by atoms with Crippen molar-refractivity contribution in [2.24, 2.45) is 0 Å². The lowest BCUT2D eigenvalue weighted by atomic mass is 10.2. The number of methoxy groups -OCH3 is 1. The second-order valence-electron chi connectivity index (χ2n) is 5.16. The molecule has 0 aliphatic carbocycles. The van der Waals surface area contributed by atoms with Crippen LogP contribution in [0.5, 0.6) is 11.5 Å². The smallest absolute Gasteiger partial charge is 0.257 e. The zero-order valence-corrected chi connectivity index (χ0v) is 12.4. The Bertz CT molecular complexity index is 645. The second-order valence-corrected chi connectivity index (χ2v) is 5.16. The molecule has 3 rings (SSSR count). The van der Waals surface area contributed by atoms with E-state index in [-0.39, 0.29) is 12.0 Å². The van der Waals surface area contributed by atoms with E-state index in [1.165, 1.54) is 0 Å². The number of aromatic nitrogens is 1. The summed E-state index contributed by atoms with van der Waals surface area (Å²) in [4.78, 5) is 18.4. The molecule has 1 aliphatic rings. The number of amides is 1. The van der Waals surface area contributed by atoms with Gasteiger partial charge in [-0.05, 0) is 24.3 Å². The van der Waals surface area contributed by atoms with E-state index < -0.39 is 0 Å². The number of hydrogen-bond acceptors (Lipinski definition) is 4. The van der Waals surface area contributed by atoms with Crippen molar-refractivity contribution in [3.63, 3.8) is 0 Å². The predicted octanol–water partition coefficient (Wildman–Crippen LogP) is 2.38. The molecule has 1 amide bonds. The standard InChI is InChI=1S/C17H18N2O3/c1-21-16-5-3-2-4-15(16)17(20)19-11-8-14(12-19)22-13-6-9-18-10-7-13/h2-7,9-10,14H,8,11-12H2,1H3. The van der Waals surface area contributed by atoms with Crippen LogP contribution in [-0.2, 0) is 0 Å². The first-order valence-corrected chi connectivity index (χ1v) is 7.27. The number of nitrogens with zero attached hydrogens (tertiary/aromatic N) is 2. The third-order valence-corrected chi connectivity index (χ3v) is 3.72. The fourth-order valence-corrected chi connectivity index (χ4v) is 2.61. The van der Waals surface area contributed by atoms with E-state index in [1.807, 2.05) is 29.2 Å². The van der Waals surface area contributed by atoms with Gasteiger partial charge >= 0.3 is 0 Å². The number of likely N-dealkylation sites (tertiary alicyclic amines) is 1. The molecule has 1 aliphatic heterocycles. The lowest BCUT2D eigenvalue weighted by molar-refractivity contribution is 0.0769. The maximum atomic E-state index is 12.6. The molecule has 0 radical (unpaired) electrons. The molecule has 22 heavy (non-hydrogen) atoms. The van der Waals surface area contributed by atoms with Crippen LogP contribution in [-0.4, -0.2) is 42.1 Å². The van der Waals surface area contributed by atoms with Crippen molar-refractivity contribution in [2.75, 3.05) is 20.2 Å². The summed E-state index contributed by atoms with van der Waals surface area (Å²) in [5, 5.41) is 0. The quantitative estimate of drug-likeness (QED) is 0.869. The Kier molecular flexibility index (Phi) is 4.23. The Balaban J connectivity index is 1.66. The highest BCUT2D eigenvalue weighted by atomic mass is 16.5. The van der Waals surface area contributed by atoms with E-state index in [4.69, 9.17) is 9.47 Å². The third-order valence-electron chi connectivity index (χ3n) is 3.72. The number of pyridine rings is 1. The van der Waals surface area contributed by atoms with E-state index in [1.54, 1.807) is 31.6 Å². The summed E-state index contributed by atoms with van der Waals surface area (Å²) in [5.41, 5.74) is 0.592. The van der Waals surface area contributed by atoms with Crippen LogP contribution in [0.3, 0.4) is 0 Å². The molecule has 0 bridgehead atoms. The fraction of sp³-hybridized carbons (Fsp3) is 0.294. The number of benzene rings is 1. The number of carbonyl (C=O) groups excluding carboxylic acids is 1. The van der Waals surface area contributed by atoms with Crippen molar-refractivity contribution in [2.45, 2.75) is 12.5 Å². The summed E-state index contributed by atoms with van der Waals surface area (Å²) >= 11 is 0. The highest BCUT2D eigenvalue weighted by molar-refractivity contribution is 5.97. The Morgan fingerprint density at radius 1 is 1.23 bits per heavy atom. The van der Waals surface area contributed by atoms with Crippen LogP contribution in [0.25, 0.3) is 0 Å². The number of carbonyl (C=O) groups is 1. The molecule has 114 valence electrons. The molecule has 1 aromatic carbocycles. The average Bonchev–Trinajstić information content (AvgIpc) is 3.03. The Morgan fingerprint density at radius 2 is 2.00 bits per heavy atom. The van der Waals surface area contributed by atoms with Crippen molar-refractivity contribution >= 4 is 5.91 Å². The highest BCUT2D eigenvalue weighted by Crippen LogP contribution is 2.23. The Hall–Kier alpha value is -2.56. The first kappa shape index (κ1) is 14.4. The maximum Gasteiger partial charge on any atom is 0.257 e. The minimum absolute atomic E-state index is 0.0149. The summed E-state index contributed by atoms with van der Waals surface area (Å²) in [7, 11) is 1.57. The van der Waals surface area contributed by atoms with Crippen molar-refractivity contribution in [3.8, 4) is 11.5 Å². The van der Waals surface area contributed by atoms with Gasteiger partial charge in [-0.25, -0.2) is 0 Å². The number of hydrogen-bond donors (Lipinski definition) is 0. The van der Waals surface area contributed by atoms with Crippen molar-refractivity contribution in [1.29, 1.82) is 0 Å². The molecule has 1 saturated heterocycles. The molecule has 0 N–H and O–H groups in total. The van der Waals surface area contributed by atoms with E-state index in [0.29, 0.717) is 24.4 Å². The Morgan fingerprint density at radius 3 is 2.77 bits per heavy atom. The van der Waals surface area contributed by atoms with Crippen molar-refractivity contribution in [1.82, 2.24) is 9.88 Å². The summed E-state index contributed by atoms with van der Waals surface area (Å²) in [6.07, 6.45) is 4.23. The summed E-state index contributed by atoms with van der Waals surface area (Å²) in [6.45, 7) is 1.27. The zero-order valence-electron chi connectivity index (χ0n) is 12.4. The van der Waals surface area contributed by atoms with Gasteiger partial charge < -0.3 is 14.4 Å². The maximum absolute atomic E-state index is 12.6. The van der Waals surface area contributed by atoms with E-state index >= 15 is 0 Å². The van der Waals surface area contributed by atoms with Crippen molar-refractivity contribution in [3.05, 3.63) is 54.4 Å². The fourth-order valence-electron chi connectivity index (χ4n) is 2.61. The van der Waals surface area contributed by atoms with Gasteiger partial charge in [0.2, 0.25) is 0 Å². The molecular formula is C17H18N2O3. The molecule has 5 nitrogen and oxygen atoms in total. The van der Waals surface area contributed by atoms with Gasteiger partial charge in [-0.2, -0.15) is 0 Å². The summed E-state index contributed by atoms with van der Waals surface area (Å²) in [6, 6.07) is 10.9. The molecule has 1 unspecified atom stereocenters. The van der Waals surface area contributed by atoms with Gasteiger partial charge in [0.25, 0.3) is 5.91 Å². The van der Waals surface area contributed by atoms with Gasteiger partial charge in [-0.15, -0.1) is 0 Å². The number of ether oxygens (including phenoxy) is 2. The van der Waals surface area contributed by atoms with Gasteiger partial charge in [0.1, 0.15) is 17.6 Å². The molecular weight excluding hydrogens is 280 g/mol. The average molecular weight is 298 g/mol. The lowest BCUT2D eigenvalue weighted by Gasteiger charge is -2.18. The van der Waals surface area contributed by atoms with E-state index in [2.05, 4.69) is 4.98 Å². The molecule has 0 saturated carbocycles. The van der Waals surface area contributed by atoms with Crippen LogP contribution in [0.15, 0.2) is 48.8 Å². The monoisotopic (exact) mass is 298 g/mol. The van der Waals surface area contributed by atoms with Crippen LogP contribution in [0.4, 0.5) is 0 Å². The van der Waals surface area contributed by atoms with Crippen molar-refractivity contribution < 1.29 is 14.3 Å². The minimum atomic E-state index is -0.0155. The molecule has 2 aromatic rings. The SMILES string of the molecule is COc1ccccc1C(=O)N1CCC(Oc2ccncc2)C1. The van der Waals surface area contributed by atoms with Gasteiger partial charge in [0.05, 0.1) is 19.2 Å². The van der Waals surface area contributed by atoms with Crippen LogP contribution in [0.1, 0.15) is 16.8 Å². The normalized spacial score (nSPS) is 17.3. The predicted molar refractivity (Wildman–Crippen MR) is 82.2 cm³/mol. The third kappa shape index (κ3) is 3.03. The highest BCUT2D eigenvalue weighted by Gasteiger charge is 2.29. The zero-order chi connectivity index (χ0) is 15.4.